The van der Waals surface area contributed by atoms with Gasteiger partial charge in [0.25, 0.3) is 0 Å². The highest BCUT2D eigenvalue weighted by atomic mass is 16.2. The molecule has 4 rings (SSSR count). The first-order valence-corrected chi connectivity index (χ1v) is 8.27. The van der Waals surface area contributed by atoms with Gasteiger partial charge in [-0.05, 0) is 18.6 Å². The molecule has 1 saturated heterocycles. The van der Waals surface area contributed by atoms with E-state index in [0.717, 1.165) is 35.5 Å². The third-order valence-corrected chi connectivity index (χ3v) is 4.83. The van der Waals surface area contributed by atoms with Crippen LogP contribution in [0.25, 0.3) is 11.3 Å². The number of anilines is 1. The van der Waals surface area contributed by atoms with Crippen LogP contribution in [0.1, 0.15) is 12.1 Å². The number of aromatic nitrogens is 1. The average molecular weight is 318 g/mol. The number of nitrogens with zero attached hydrogens (tertiary/aromatic N) is 4. The number of hydrogen-bond acceptors (Lipinski definition) is 4. The molecule has 2 aliphatic heterocycles. The van der Waals surface area contributed by atoms with Gasteiger partial charge in [0.05, 0.1) is 23.0 Å². The minimum atomic E-state index is -0.0793. The zero-order valence-electron chi connectivity index (χ0n) is 13.4. The van der Waals surface area contributed by atoms with Gasteiger partial charge in [-0.1, -0.05) is 30.3 Å². The highest BCUT2D eigenvalue weighted by Crippen LogP contribution is 2.32. The lowest BCUT2D eigenvalue weighted by atomic mass is 10.1. The molecule has 0 saturated carbocycles. The van der Waals surface area contributed by atoms with E-state index in [4.69, 9.17) is 10.2 Å². The second-order valence-electron chi connectivity index (χ2n) is 6.30. The van der Waals surface area contributed by atoms with Crippen molar-refractivity contribution in [3.05, 3.63) is 48.2 Å². The van der Waals surface area contributed by atoms with Gasteiger partial charge < -0.3 is 9.80 Å². The van der Waals surface area contributed by atoms with Gasteiger partial charge in [-0.2, -0.15) is 5.26 Å². The normalized spacial score (nSPS) is 19.2. The summed E-state index contributed by atoms with van der Waals surface area (Å²) in [6.45, 7) is 1.90. The van der Waals surface area contributed by atoms with Crippen LogP contribution < -0.4 is 4.90 Å². The van der Waals surface area contributed by atoms with Crippen LogP contribution in [-0.2, 0) is 11.2 Å². The second-order valence-corrected chi connectivity index (χ2v) is 6.30. The maximum Gasteiger partial charge on any atom is 0.232 e. The summed E-state index contributed by atoms with van der Waals surface area (Å²) < 4.78 is 0. The number of nitriles is 1. The fourth-order valence-corrected chi connectivity index (χ4v) is 3.53. The van der Waals surface area contributed by atoms with Crippen molar-refractivity contribution in [2.24, 2.45) is 5.92 Å². The van der Waals surface area contributed by atoms with Crippen LogP contribution in [0.15, 0.2) is 42.5 Å². The molecule has 1 amide bonds. The summed E-state index contributed by atoms with van der Waals surface area (Å²) in [5.74, 6) is 0.0464. The van der Waals surface area contributed by atoms with Gasteiger partial charge in [0, 0.05) is 31.6 Å². The largest absolute Gasteiger partial charge is 0.310 e. The number of fused-ring (bicyclic) bond motifs is 1. The van der Waals surface area contributed by atoms with Crippen LogP contribution in [0, 0.1) is 17.4 Å². The Balaban J connectivity index is 1.57. The molecule has 2 aliphatic rings. The molecule has 0 bridgehead atoms. The fraction of sp³-hybridized carbons (Fsp3) is 0.316. The summed E-state index contributed by atoms with van der Waals surface area (Å²) in [5.41, 5.74) is 3.95. The number of rotatable bonds is 2. The van der Waals surface area contributed by atoms with Gasteiger partial charge in [-0.3, -0.25) is 9.78 Å². The SMILES string of the molecule is N#CN1CCC(C(=O)N2CCc3nc(-c4ccccc4)ccc32)C1. The van der Waals surface area contributed by atoms with Crippen molar-refractivity contribution in [3.8, 4) is 17.5 Å². The number of carbonyl (C=O) groups excluding carboxylic acids is 1. The van der Waals surface area contributed by atoms with Crippen molar-refractivity contribution < 1.29 is 4.79 Å². The standard InChI is InChI=1S/C19H18N4O/c20-13-22-10-8-15(12-22)19(24)23-11-9-17-18(23)7-6-16(21-17)14-4-2-1-3-5-14/h1-7,15H,8-12H2. The number of likely N-dealkylation sites (tertiary alicyclic amines) is 1. The summed E-state index contributed by atoms with van der Waals surface area (Å²) in [7, 11) is 0. The van der Waals surface area contributed by atoms with Gasteiger partial charge in [-0.25, -0.2) is 0 Å². The van der Waals surface area contributed by atoms with E-state index in [-0.39, 0.29) is 11.8 Å². The lowest BCUT2D eigenvalue weighted by molar-refractivity contribution is -0.121. The van der Waals surface area contributed by atoms with E-state index in [2.05, 4.69) is 6.19 Å². The molecule has 120 valence electrons. The zero-order valence-corrected chi connectivity index (χ0v) is 13.4. The molecule has 0 N–H and O–H groups in total. The van der Waals surface area contributed by atoms with E-state index >= 15 is 0 Å². The Morgan fingerprint density at radius 2 is 2.00 bits per heavy atom. The quantitative estimate of drug-likeness (QED) is 0.798. The van der Waals surface area contributed by atoms with Crippen molar-refractivity contribution in [1.29, 1.82) is 5.26 Å². The molecule has 1 aromatic carbocycles. The Hall–Kier alpha value is -2.87. The predicted molar refractivity (Wildman–Crippen MR) is 91.0 cm³/mol. The number of pyridine rings is 1. The Kier molecular flexibility index (Phi) is 3.66. The molecule has 3 heterocycles. The molecule has 1 aromatic heterocycles. The van der Waals surface area contributed by atoms with E-state index in [9.17, 15) is 4.79 Å². The van der Waals surface area contributed by atoms with Crippen LogP contribution in [0.3, 0.4) is 0 Å². The van der Waals surface area contributed by atoms with E-state index in [1.807, 2.05) is 47.4 Å². The van der Waals surface area contributed by atoms with Crippen molar-refractivity contribution in [1.82, 2.24) is 9.88 Å². The van der Waals surface area contributed by atoms with Crippen LogP contribution in [0.4, 0.5) is 5.69 Å². The topological polar surface area (TPSA) is 60.2 Å². The summed E-state index contributed by atoms with van der Waals surface area (Å²) in [6.07, 6.45) is 3.68. The fourth-order valence-electron chi connectivity index (χ4n) is 3.53. The van der Waals surface area contributed by atoms with Gasteiger partial charge in [0.15, 0.2) is 6.19 Å². The van der Waals surface area contributed by atoms with Crippen LogP contribution in [0.2, 0.25) is 0 Å². The van der Waals surface area contributed by atoms with E-state index in [1.165, 1.54) is 0 Å². The molecule has 5 nitrogen and oxygen atoms in total. The third-order valence-electron chi connectivity index (χ3n) is 4.83. The number of amides is 1. The first-order chi connectivity index (χ1) is 11.8. The van der Waals surface area contributed by atoms with Gasteiger partial charge >= 0.3 is 0 Å². The Morgan fingerprint density at radius 1 is 1.17 bits per heavy atom. The molecule has 5 heteroatoms. The van der Waals surface area contributed by atoms with Crippen LogP contribution in [0.5, 0.6) is 0 Å². The molecule has 2 aromatic rings. The minimum absolute atomic E-state index is 0.0793. The number of benzene rings is 1. The first-order valence-electron chi connectivity index (χ1n) is 8.27. The van der Waals surface area contributed by atoms with Crippen LogP contribution in [-0.4, -0.2) is 35.4 Å². The average Bonchev–Trinajstić information content (AvgIpc) is 3.28. The molecule has 0 aliphatic carbocycles. The molecular formula is C19H18N4O. The monoisotopic (exact) mass is 318 g/mol. The lowest BCUT2D eigenvalue weighted by Crippen LogP contribution is -2.35. The third kappa shape index (κ3) is 2.50. The molecule has 1 fully saturated rings. The maximum absolute atomic E-state index is 12.8. The van der Waals surface area contributed by atoms with Crippen molar-refractivity contribution in [2.75, 3.05) is 24.5 Å². The van der Waals surface area contributed by atoms with Crippen LogP contribution >= 0.6 is 0 Å². The Labute approximate surface area is 141 Å². The summed E-state index contributed by atoms with van der Waals surface area (Å²) in [5, 5.41) is 8.97. The summed E-state index contributed by atoms with van der Waals surface area (Å²) in [6, 6.07) is 14.1. The molecule has 1 atom stereocenters. The number of carbonyl (C=O) groups is 1. The van der Waals surface area contributed by atoms with E-state index in [0.29, 0.717) is 19.6 Å². The Morgan fingerprint density at radius 3 is 2.75 bits per heavy atom. The van der Waals surface area contributed by atoms with Gasteiger partial charge in [0.1, 0.15) is 0 Å². The van der Waals surface area contributed by atoms with Gasteiger partial charge in [0.2, 0.25) is 5.91 Å². The van der Waals surface area contributed by atoms with Crippen molar-refractivity contribution >= 4 is 11.6 Å². The van der Waals surface area contributed by atoms with E-state index in [1.54, 1.807) is 4.90 Å². The summed E-state index contributed by atoms with van der Waals surface area (Å²) in [4.78, 5) is 21.1. The minimum Gasteiger partial charge on any atom is -0.310 e. The van der Waals surface area contributed by atoms with Gasteiger partial charge in [-0.15, -0.1) is 0 Å². The number of hydrogen-bond donors (Lipinski definition) is 0. The maximum atomic E-state index is 12.8. The predicted octanol–water partition coefficient (Wildman–Crippen LogP) is 2.44. The lowest BCUT2D eigenvalue weighted by Gasteiger charge is -2.21. The molecule has 0 spiro atoms. The van der Waals surface area contributed by atoms with Crippen molar-refractivity contribution in [3.63, 3.8) is 0 Å². The molecule has 0 radical (unpaired) electrons. The second kappa shape index (κ2) is 5.97. The molecular weight excluding hydrogens is 300 g/mol. The zero-order chi connectivity index (χ0) is 16.5. The van der Waals surface area contributed by atoms with Crippen molar-refractivity contribution in [2.45, 2.75) is 12.8 Å². The smallest absolute Gasteiger partial charge is 0.232 e. The molecule has 24 heavy (non-hydrogen) atoms. The highest BCUT2D eigenvalue weighted by molar-refractivity contribution is 5.97. The van der Waals surface area contributed by atoms with E-state index < -0.39 is 0 Å². The summed E-state index contributed by atoms with van der Waals surface area (Å²) >= 11 is 0. The Bertz CT molecular complexity index is 812. The highest BCUT2D eigenvalue weighted by Gasteiger charge is 2.34. The molecule has 1 unspecified atom stereocenters. The first kappa shape index (κ1) is 14.7.